The first-order valence-electron chi connectivity index (χ1n) is 6.95. The molecule has 19 heavy (non-hydrogen) atoms. The minimum Gasteiger partial charge on any atom is -0.394 e. The summed E-state index contributed by atoms with van der Waals surface area (Å²) in [6.45, 7) is 2.13. The fourth-order valence-corrected chi connectivity index (χ4v) is 2.62. The number of nitrogen functional groups attached to an aromatic ring is 1. The van der Waals surface area contributed by atoms with E-state index in [2.05, 4.69) is 20.7 Å². The van der Waals surface area contributed by atoms with Gasteiger partial charge in [0.1, 0.15) is 17.5 Å². The molecule has 0 unspecified atom stereocenters. The number of hydrogen-bond donors (Lipinski definition) is 4. The van der Waals surface area contributed by atoms with Crippen LogP contribution in [0.4, 0.5) is 11.6 Å². The molecule has 0 bridgehead atoms. The highest BCUT2D eigenvalue weighted by molar-refractivity contribution is 5.48. The number of aromatic nitrogens is 2. The van der Waals surface area contributed by atoms with Crippen LogP contribution in [0.3, 0.4) is 0 Å². The quantitative estimate of drug-likeness (QED) is 0.475. The average molecular weight is 265 g/mol. The molecule has 1 heterocycles. The molecule has 106 valence electrons. The summed E-state index contributed by atoms with van der Waals surface area (Å²) < 4.78 is 0. The van der Waals surface area contributed by atoms with E-state index in [9.17, 15) is 5.11 Å². The number of aryl methyl sites for hydroxylation is 1. The molecular weight excluding hydrogens is 242 g/mol. The van der Waals surface area contributed by atoms with Crippen LogP contribution in [0.25, 0.3) is 0 Å². The van der Waals surface area contributed by atoms with Gasteiger partial charge in [-0.15, -0.1) is 0 Å². The summed E-state index contributed by atoms with van der Waals surface area (Å²) in [6.07, 6.45) is 6.21. The van der Waals surface area contributed by atoms with E-state index in [0.717, 1.165) is 43.7 Å². The Morgan fingerprint density at radius 1 is 1.26 bits per heavy atom. The lowest BCUT2D eigenvalue weighted by atomic mass is 9.82. The SMILES string of the molecule is CCc1nc(NN)cc(NC2(CO)CCCCC2)n1. The monoisotopic (exact) mass is 265 g/mol. The van der Waals surface area contributed by atoms with Crippen LogP contribution < -0.4 is 16.6 Å². The highest BCUT2D eigenvalue weighted by Gasteiger charge is 2.31. The maximum absolute atomic E-state index is 9.71. The fraction of sp³-hybridized carbons (Fsp3) is 0.692. The second-order valence-electron chi connectivity index (χ2n) is 5.18. The highest BCUT2D eigenvalue weighted by atomic mass is 16.3. The van der Waals surface area contributed by atoms with E-state index in [-0.39, 0.29) is 12.1 Å². The first-order valence-corrected chi connectivity index (χ1v) is 6.95. The molecule has 1 aromatic heterocycles. The van der Waals surface area contributed by atoms with Gasteiger partial charge in [-0.3, -0.25) is 0 Å². The van der Waals surface area contributed by atoms with Crippen molar-refractivity contribution < 1.29 is 5.11 Å². The molecule has 1 fully saturated rings. The van der Waals surface area contributed by atoms with E-state index in [1.807, 2.05) is 6.92 Å². The molecule has 0 saturated heterocycles. The van der Waals surface area contributed by atoms with Crippen molar-refractivity contribution in [2.45, 2.75) is 51.0 Å². The summed E-state index contributed by atoms with van der Waals surface area (Å²) in [6, 6.07) is 1.78. The second kappa shape index (κ2) is 6.16. The highest BCUT2D eigenvalue weighted by Crippen LogP contribution is 2.31. The van der Waals surface area contributed by atoms with Gasteiger partial charge < -0.3 is 15.8 Å². The number of anilines is 2. The van der Waals surface area contributed by atoms with Crippen LogP contribution in [0.1, 0.15) is 44.9 Å². The smallest absolute Gasteiger partial charge is 0.145 e. The summed E-state index contributed by atoms with van der Waals surface area (Å²) in [5.74, 6) is 7.49. The Hall–Kier alpha value is -1.40. The second-order valence-corrected chi connectivity index (χ2v) is 5.18. The minimum atomic E-state index is -0.247. The zero-order valence-electron chi connectivity index (χ0n) is 11.4. The lowest BCUT2D eigenvalue weighted by molar-refractivity contribution is 0.172. The number of nitrogens with zero attached hydrogens (tertiary/aromatic N) is 2. The molecule has 0 radical (unpaired) electrons. The van der Waals surface area contributed by atoms with Crippen LogP contribution in [0.2, 0.25) is 0 Å². The van der Waals surface area contributed by atoms with Crippen molar-refractivity contribution in [2.75, 3.05) is 17.3 Å². The van der Waals surface area contributed by atoms with Crippen molar-refractivity contribution in [3.8, 4) is 0 Å². The van der Waals surface area contributed by atoms with Gasteiger partial charge in [0.15, 0.2) is 0 Å². The van der Waals surface area contributed by atoms with E-state index in [0.29, 0.717) is 5.82 Å². The molecular formula is C13H23N5O. The third kappa shape index (κ3) is 3.33. The Kier molecular flexibility index (Phi) is 4.55. The Morgan fingerprint density at radius 2 is 1.95 bits per heavy atom. The molecule has 0 spiro atoms. The normalized spacial score (nSPS) is 18.1. The lowest BCUT2D eigenvalue weighted by Gasteiger charge is -2.37. The minimum absolute atomic E-state index is 0.129. The van der Waals surface area contributed by atoms with E-state index in [1.165, 1.54) is 6.42 Å². The number of aliphatic hydroxyl groups excluding tert-OH is 1. The van der Waals surface area contributed by atoms with E-state index < -0.39 is 0 Å². The maximum Gasteiger partial charge on any atom is 0.145 e. The fourth-order valence-electron chi connectivity index (χ4n) is 2.62. The van der Waals surface area contributed by atoms with Crippen LogP contribution >= 0.6 is 0 Å². The Balaban J connectivity index is 2.20. The van der Waals surface area contributed by atoms with Crippen molar-refractivity contribution >= 4 is 11.6 Å². The van der Waals surface area contributed by atoms with Gasteiger partial charge in [-0.1, -0.05) is 26.2 Å². The van der Waals surface area contributed by atoms with Crippen molar-refractivity contribution in [3.63, 3.8) is 0 Å². The van der Waals surface area contributed by atoms with Crippen molar-refractivity contribution in [2.24, 2.45) is 5.84 Å². The Morgan fingerprint density at radius 3 is 2.53 bits per heavy atom. The number of aliphatic hydroxyl groups is 1. The van der Waals surface area contributed by atoms with Crippen molar-refractivity contribution in [3.05, 3.63) is 11.9 Å². The van der Waals surface area contributed by atoms with Gasteiger partial charge in [0.25, 0.3) is 0 Å². The summed E-state index contributed by atoms with van der Waals surface area (Å²) in [7, 11) is 0. The van der Waals surface area contributed by atoms with Crippen molar-refractivity contribution in [1.29, 1.82) is 0 Å². The van der Waals surface area contributed by atoms with Crippen LogP contribution in [-0.4, -0.2) is 27.2 Å². The van der Waals surface area contributed by atoms with E-state index >= 15 is 0 Å². The third-order valence-corrected chi connectivity index (χ3v) is 3.74. The lowest BCUT2D eigenvalue weighted by Crippen LogP contribution is -2.44. The zero-order chi connectivity index (χ0) is 13.7. The van der Waals surface area contributed by atoms with Crippen molar-refractivity contribution in [1.82, 2.24) is 9.97 Å². The van der Waals surface area contributed by atoms with E-state index in [4.69, 9.17) is 5.84 Å². The van der Waals surface area contributed by atoms with Gasteiger partial charge in [-0.2, -0.15) is 0 Å². The predicted octanol–water partition coefficient (Wildman–Crippen LogP) is 1.43. The Labute approximate surface area is 113 Å². The molecule has 1 aliphatic rings. The standard InChI is InChI=1S/C13H23N5O/c1-2-10-15-11(8-12(16-10)18-14)17-13(9-19)6-4-3-5-7-13/h8,19H,2-7,9,14H2,1H3,(H2,15,16,17,18). The topological polar surface area (TPSA) is 96.1 Å². The summed E-state index contributed by atoms with van der Waals surface area (Å²) in [5.41, 5.74) is 2.31. The number of nitrogens with two attached hydrogens (primary N) is 1. The van der Waals surface area contributed by atoms with Gasteiger partial charge in [0.05, 0.1) is 12.1 Å². The molecule has 0 aromatic carbocycles. The summed E-state index contributed by atoms with van der Waals surface area (Å²) in [4.78, 5) is 8.72. The number of hydrazine groups is 1. The first kappa shape index (κ1) is 14.0. The third-order valence-electron chi connectivity index (χ3n) is 3.74. The predicted molar refractivity (Wildman–Crippen MR) is 75.7 cm³/mol. The molecule has 2 rings (SSSR count). The van der Waals surface area contributed by atoms with Gasteiger partial charge in [-0.25, -0.2) is 15.8 Å². The average Bonchev–Trinajstić information content (AvgIpc) is 2.47. The molecule has 5 N–H and O–H groups in total. The van der Waals surface area contributed by atoms with Crippen LogP contribution in [0.5, 0.6) is 0 Å². The first-order chi connectivity index (χ1) is 9.21. The number of nitrogens with one attached hydrogen (secondary N) is 2. The molecule has 6 heteroatoms. The van der Waals surface area contributed by atoms with Gasteiger partial charge in [0.2, 0.25) is 0 Å². The summed E-state index contributed by atoms with van der Waals surface area (Å²) >= 11 is 0. The number of rotatable bonds is 5. The van der Waals surface area contributed by atoms with Crippen LogP contribution in [0.15, 0.2) is 6.07 Å². The van der Waals surface area contributed by atoms with Crippen LogP contribution in [0, 0.1) is 0 Å². The van der Waals surface area contributed by atoms with Crippen LogP contribution in [-0.2, 0) is 6.42 Å². The molecule has 0 amide bonds. The largest absolute Gasteiger partial charge is 0.394 e. The zero-order valence-corrected chi connectivity index (χ0v) is 11.4. The van der Waals surface area contributed by atoms with Gasteiger partial charge in [-0.05, 0) is 12.8 Å². The molecule has 0 aliphatic heterocycles. The maximum atomic E-state index is 9.71. The molecule has 6 nitrogen and oxygen atoms in total. The van der Waals surface area contributed by atoms with Gasteiger partial charge >= 0.3 is 0 Å². The summed E-state index contributed by atoms with van der Waals surface area (Å²) in [5, 5.41) is 13.1. The van der Waals surface area contributed by atoms with E-state index in [1.54, 1.807) is 6.07 Å². The Bertz CT molecular complexity index is 395. The molecule has 1 aliphatic carbocycles. The molecule has 0 atom stereocenters. The molecule has 1 saturated carbocycles. The van der Waals surface area contributed by atoms with Gasteiger partial charge in [0, 0.05) is 12.5 Å². The molecule has 1 aromatic rings. The number of hydrogen-bond acceptors (Lipinski definition) is 6.